The van der Waals surface area contributed by atoms with Crippen molar-refractivity contribution in [2.45, 2.75) is 51.1 Å². The zero-order chi connectivity index (χ0) is 12.4. The Bertz CT molecular complexity index is 299. The van der Waals surface area contributed by atoms with Crippen LogP contribution in [-0.4, -0.2) is 29.2 Å². The molecule has 5 heteroatoms. The van der Waals surface area contributed by atoms with Crippen LogP contribution in [0.1, 0.15) is 39.0 Å². The topological polar surface area (TPSA) is 78.4 Å². The Morgan fingerprint density at radius 2 is 1.71 bits per heavy atom. The predicted octanol–water partition coefficient (Wildman–Crippen LogP) is 1.34. The van der Waals surface area contributed by atoms with Gasteiger partial charge in [0.25, 0.3) is 0 Å². The van der Waals surface area contributed by atoms with Crippen molar-refractivity contribution in [3.63, 3.8) is 0 Å². The van der Waals surface area contributed by atoms with Crippen LogP contribution < -0.4 is 10.6 Å². The fraction of sp³-hybridized carbons (Fsp3) is 0.833. The Morgan fingerprint density at radius 3 is 2.12 bits per heavy atom. The molecule has 0 heterocycles. The van der Waals surface area contributed by atoms with E-state index in [0.29, 0.717) is 17.9 Å². The highest BCUT2D eigenvalue weighted by molar-refractivity contribution is 5.76. The Morgan fingerprint density at radius 1 is 1.18 bits per heavy atom. The molecule has 2 aliphatic rings. The van der Waals surface area contributed by atoms with Crippen LogP contribution in [-0.2, 0) is 4.79 Å². The summed E-state index contributed by atoms with van der Waals surface area (Å²) in [5, 5.41) is 14.3. The maximum absolute atomic E-state index is 11.7. The van der Waals surface area contributed by atoms with E-state index in [1.165, 1.54) is 25.7 Å². The maximum atomic E-state index is 11.7. The molecule has 2 amide bonds. The second-order valence-corrected chi connectivity index (χ2v) is 5.32. The van der Waals surface area contributed by atoms with E-state index in [-0.39, 0.29) is 18.5 Å². The molecular weight excluding hydrogens is 220 g/mol. The van der Waals surface area contributed by atoms with E-state index in [1.54, 1.807) is 6.92 Å². The number of nitrogens with one attached hydrogen (secondary N) is 2. The van der Waals surface area contributed by atoms with Gasteiger partial charge in [0.05, 0.1) is 6.42 Å². The maximum Gasteiger partial charge on any atom is 0.315 e. The highest BCUT2D eigenvalue weighted by atomic mass is 16.4. The Balaban J connectivity index is 1.73. The molecule has 0 aromatic rings. The molecule has 2 rings (SSSR count). The summed E-state index contributed by atoms with van der Waals surface area (Å²) in [7, 11) is 0. The lowest BCUT2D eigenvalue weighted by Crippen LogP contribution is -2.47. The molecule has 0 saturated heterocycles. The number of aliphatic carboxylic acids is 1. The zero-order valence-corrected chi connectivity index (χ0v) is 10.1. The SMILES string of the molecule is CC(CC(=O)O)NC(=O)NC(C1CC1)C1CC1. The minimum atomic E-state index is -0.890. The smallest absolute Gasteiger partial charge is 0.315 e. The second kappa shape index (κ2) is 4.94. The quantitative estimate of drug-likeness (QED) is 0.655. The van der Waals surface area contributed by atoms with Crippen LogP contribution >= 0.6 is 0 Å². The summed E-state index contributed by atoms with van der Waals surface area (Å²) < 4.78 is 0. The van der Waals surface area contributed by atoms with Gasteiger partial charge in [-0.05, 0) is 44.4 Å². The van der Waals surface area contributed by atoms with Gasteiger partial charge in [-0.2, -0.15) is 0 Å². The van der Waals surface area contributed by atoms with Crippen LogP contribution in [0, 0.1) is 11.8 Å². The largest absolute Gasteiger partial charge is 0.481 e. The molecule has 0 aromatic heterocycles. The van der Waals surface area contributed by atoms with Crippen molar-refractivity contribution < 1.29 is 14.7 Å². The fourth-order valence-electron chi connectivity index (χ4n) is 2.26. The summed E-state index contributed by atoms with van der Waals surface area (Å²) in [6, 6.07) is -0.235. The number of hydrogen-bond donors (Lipinski definition) is 3. The fourth-order valence-corrected chi connectivity index (χ4v) is 2.26. The molecule has 0 radical (unpaired) electrons. The van der Waals surface area contributed by atoms with Crippen molar-refractivity contribution in [2.75, 3.05) is 0 Å². The minimum absolute atomic E-state index is 0.0368. The molecule has 0 aromatic carbocycles. The molecule has 5 nitrogen and oxygen atoms in total. The first-order valence-corrected chi connectivity index (χ1v) is 6.35. The minimum Gasteiger partial charge on any atom is -0.481 e. The third-order valence-electron chi connectivity index (χ3n) is 3.42. The average Bonchev–Trinajstić information content (AvgIpc) is 3.07. The zero-order valence-electron chi connectivity index (χ0n) is 10.1. The molecule has 2 aliphatic carbocycles. The van der Waals surface area contributed by atoms with Gasteiger partial charge in [0.15, 0.2) is 0 Å². The van der Waals surface area contributed by atoms with Gasteiger partial charge >= 0.3 is 12.0 Å². The lowest BCUT2D eigenvalue weighted by atomic mass is 10.1. The van der Waals surface area contributed by atoms with Gasteiger partial charge < -0.3 is 15.7 Å². The Labute approximate surface area is 101 Å². The first-order valence-electron chi connectivity index (χ1n) is 6.35. The number of hydrogen-bond acceptors (Lipinski definition) is 2. The molecule has 0 aliphatic heterocycles. The standard InChI is InChI=1S/C12H20N2O3/c1-7(6-10(15)16)13-12(17)14-11(8-2-3-8)9-4-5-9/h7-9,11H,2-6H2,1H3,(H,15,16)(H2,13,14,17). The van der Waals surface area contributed by atoms with Crippen LogP contribution in [0.15, 0.2) is 0 Å². The highest BCUT2D eigenvalue weighted by Gasteiger charge is 2.42. The normalized spacial score (nSPS) is 21.1. The van der Waals surface area contributed by atoms with Crippen LogP contribution in [0.4, 0.5) is 4.79 Å². The van der Waals surface area contributed by atoms with Crippen LogP contribution in [0.3, 0.4) is 0 Å². The van der Waals surface area contributed by atoms with Crippen LogP contribution in [0.25, 0.3) is 0 Å². The van der Waals surface area contributed by atoms with Crippen molar-refractivity contribution in [1.29, 1.82) is 0 Å². The van der Waals surface area contributed by atoms with Crippen LogP contribution in [0.5, 0.6) is 0 Å². The van der Waals surface area contributed by atoms with Gasteiger partial charge in [0.2, 0.25) is 0 Å². The monoisotopic (exact) mass is 240 g/mol. The Hall–Kier alpha value is -1.26. The number of urea groups is 1. The third kappa shape index (κ3) is 3.91. The van der Waals surface area contributed by atoms with E-state index in [1.807, 2.05) is 0 Å². The van der Waals surface area contributed by atoms with Crippen molar-refractivity contribution in [3.8, 4) is 0 Å². The summed E-state index contributed by atoms with van der Waals surface area (Å²) in [5.41, 5.74) is 0. The summed E-state index contributed by atoms with van der Waals surface area (Å²) in [4.78, 5) is 22.2. The van der Waals surface area contributed by atoms with Gasteiger partial charge in [-0.3, -0.25) is 4.79 Å². The van der Waals surface area contributed by atoms with Crippen molar-refractivity contribution in [2.24, 2.45) is 11.8 Å². The lowest BCUT2D eigenvalue weighted by Gasteiger charge is -2.20. The summed E-state index contributed by atoms with van der Waals surface area (Å²) in [5.74, 6) is 0.421. The van der Waals surface area contributed by atoms with E-state index in [4.69, 9.17) is 5.11 Å². The molecule has 17 heavy (non-hydrogen) atoms. The van der Waals surface area contributed by atoms with Crippen molar-refractivity contribution in [3.05, 3.63) is 0 Å². The number of amides is 2. The van der Waals surface area contributed by atoms with Crippen LogP contribution in [0.2, 0.25) is 0 Å². The molecule has 3 N–H and O–H groups in total. The predicted molar refractivity (Wildman–Crippen MR) is 62.6 cm³/mol. The van der Waals surface area contributed by atoms with E-state index in [2.05, 4.69) is 10.6 Å². The van der Waals surface area contributed by atoms with E-state index in [9.17, 15) is 9.59 Å². The van der Waals surface area contributed by atoms with Gasteiger partial charge in [-0.15, -0.1) is 0 Å². The molecule has 2 fully saturated rings. The first-order chi connectivity index (χ1) is 8.06. The molecule has 96 valence electrons. The number of carbonyl (C=O) groups excluding carboxylic acids is 1. The van der Waals surface area contributed by atoms with E-state index < -0.39 is 5.97 Å². The van der Waals surface area contributed by atoms with Gasteiger partial charge in [0.1, 0.15) is 0 Å². The van der Waals surface area contributed by atoms with E-state index >= 15 is 0 Å². The lowest BCUT2D eigenvalue weighted by molar-refractivity contribution is -0.137. The van der Waals surface area contributed by atoms with Crippen molar-refractivity contribution in [1.82, 2.24) is 10.6 Å². The molecule has 2 saturated carbocycles. The first kappa shape index (κ1) is 12.2. The second-order valence-electron chi connectivity index (χ2n) is 5.32. The number of carboxylic acids is 1. The summed E-state index contributed by atoms with van der Waals surface area (Å²) in [6.07, 6.45) is 4.82. The molecular formula is C12H20N2O3. The summed E-state index contributed by atoms with van der Waals surface area (Å²) >= 11 is 0. The van der Waals surface area contributed by atoms with Gasteiger partial charge in [-0.25, -0.2) is 4.79 Å². The van der Waals surface area contributed by atoms with Gasteiger partial charge in [0, 0.05) is 12.1 Å². The van der Waals surface area contributed by atoms with Gasteiger partial charge in [-0.1, -0.05) is 0 Å². The number of carboxylic acid groups (broad SMARTS) is 1. The average molecular weight is 240 g/mol. The third-order valence-corrected chi connectivity index (χ3v) is 3.42. The number of rotatable bonds is 6. The molecule has 0 bridgehead atoms. The summed E-state index contributed by atoms with van der Waals surface area (Å²) in [6.45, 7) is 1.71. The Kier molecular flexibility index (Phi) is 3.54. The molecule has 1 unspecified atom stereocenters. The molecule has 0 spiro atoms. The highest BCUT2D eigenvalue weighted by Crippen LogP contribution is 2.44. The number of carbonyl (C=O) groups is 2. The molecule has 1 atom stereocenters. The van der Waals surface area contributed by atoms with Crippen molar-refractivity contribution >= 4 is 12.0 Å². The van der Waals surface area contributed by atoms with E-state index in [0.717, 1.165) is 0 Å².